The zero-order valence-electron chi connectivity index (χ0n) is 18.4. The second-order valence-electron chi connectivity index (χ2n) is 8.53. The van der Waals surface area contributed by atoms with Crippen LogP contribution in [0.5, 0.6) is 0 Å². The molecular weight excluding hydrogens is 470 g/mol. The zero-order valence-corrected chi connectivity index (χ0v) is 20.0. The van der Waals surface area contributed by atoms with E-state index in [4.69, 9.17) is 10.6 Å². The molecule has 0 unspecified atom stereocenters. The first-order chi connectivity index (χ1) is 15.6. The number of β-lactam (4-membered cyclic amide) rings is 1. The number of rotatable bonds is 7. The molecule has 4 heterocycles. The zero-order chi connectivity index (χ0) is 23.9. The third kappa shape index (κ3) is 4.29. The van der Waals surface area contributed by atoms with Gasteiger partial charge in [-0.1, -0.05) is 5.16 Å². The number of amides is 2. The van der Waals surface area contributed by atoms with E-state index in [-0.39, 0.29) is 27.9 Å². The monoisotopic (exact) mass is 495 g/mol. The summed E-state index contributed by atoms with van der Waals surface area (Å²) in [6.45, 7) is 5.67. The number of nitrogens with two attached hydrogens (primary N) is 1. The number of carbonyl (C=O) groups is 3. The molecule has 0 saturated carbocycles. The minimum absolute atomic E-state index is 0.0108. The van der Waals surface area contributed by atoms with Gasteiger partial charge in [0.25, 0.3) is 11.8 Å². The van der Waals surface area contributed by atoms with Crippen LogP contribution in [0.4, 0.5) is 5.13 Å². The van der Waals surface area contributed by atoms with E-state index in [1.807, 2.05) is 0 Å². The summed E-state index contributed by atoms with van der Waals surface area (Å²) in [6, 6.07) is -0.903. The number of carboxylic acids is 1. The van der Waals surface area contributed by atoms with E-state index in [2.05, 4.69) is 38.6 Å². The van der Waals surface area contributed by atoms with E-state index in [0.717, 1.165) is 30.9 Å². The van der Waals surface area contributed by atoms with Crippen LogP contribution < -0.4 is 11.1 Å². The molecule has 2 atom stereocenters. The van der Waals surface area contributed by atoms with Gasteiger partial charge in [0.15, 0.2) is 5.13 Å². The third-order valence-electron chi connectivity index (χ3n) is 6.04. The number of carboxylic acid groups (broad SMARTS) is 1. The average Bonchev–Trinajstić information content (AvgIpc) is 3.33. The molecule has 2 fully saturated rings. The number of aromatic nitrogens is 2. The van der Waals surface area contributed by atoms with Crippen molar-refractivity contribution in [2.24, 2.45) is 5.16 Å². The molecule has 2 amide bonds. The number of thioether (sulfide) groups is 1. The van der Waals surface area contributed by atoms with Crippen LogP contribution in [-0.2, 0) is 19.2 Å². The number of likely N-dealkylation sites (tertiary alicyclic amines) is 1. The van der Waals surface area contributed by atoms with Crippen molar-refractivity contribution in [3.63, 3.8) is 0 Å². The van der Waals surface area contributed by atoms with Gasteiger partial charge >= 0.3 is 5.97 Å². The number of anilines is 1. The minimum atomic E-state index is -1.14. The van der Waals surface area contributed by atoms with Crippen LogP contribution in [-0.4, -0.2) is 90.7 Å². The fourth-order valence-electron chi connectivity index (χ4n) is 4.31. The van der Waals surface area contributed by atoms with Crippen molar-refractivity contribution in [2.45, 2.75) is 43.6 Å². The Balaban J connectivity index is 1.51. The van der Waals surface area contributed by atoms with Gasteiger partial charge in [-0.15, -0.1) is 11.8 Å². The number of fused-ring (bicyclic) bond motifs is 1. The first-order valence-corrected chi connectivity index (χ1v) is 12.1. The molecule has 12 nitrogen and oxygen atoms in total. The molecule has 1 aromatic heterocycles. The normalized spacial score (nSPS) is 25.0. The molecule has 3 aliphatic heterocycles. The van der Waals surface area contributed by atoms with Crippen molar-refractivity contribution in [2.75, 3.05) is 31.7 Å². The predicted octanol–water partition coefficient (Wildman–Crippen LogP) is 0.0838. The lowest BCUT2D eigenvalue weighted by atomic mass is 10.00. The lowest BCUT2D eigenvalue weighted by molar-refractivity contribution is -0.150. The average molecular weight is 496 g/mol. The van der Waals surface area contributed by atoms with Crippen molar-refractivity contribution in [1.29, 1.82) is 0 Å². The fraction of sp³-hybridized carbons (Fsp3) is 0.579. The number of nitrogens with one attached hydrogen (secondary N) is 1. The number of oxime groups is 1. The molecule has 1 aromatic rings. The highest BCUT2D eigenvalue weighted by Crippen LogP contribution is 2.41. The molecule has 178 valence electrons. The molecule has 3 aliphatic rings. The van der Waals surface area contributed by atoms with E-state index in [1.54, 1.807) is 0 Å². The summed E-state index contributed by atoms with van der Waals surface area (Å²) in [5, 5.41) is 15.8. The van der Waals surface area contributed by atoms with Crippen molar-refractivity contribution in [3.05, 3.63) is 17.1 Å². The number of carbonyl (C=O) groups excluding carboxylic acids is 2. The van der Waals surface area contributed by atoms with Gasteiger partial charge in [-0.2, -0.15) is 9.36 Å². The third-order valence-corrected chi connectivity index (χ3v) is 7.92. The summed E-state index contributed by atoms with van der Waals surface area (Å²) < 4.78 is 3.96. The Morgan fingerprint density at radius 1 is 1.42 bits per heavy atom. The highest BCUT2D eigenvalue weighted by atomic mass is 32.2. The van der Waals surface area contributed by atoms with Crippen molar-refractivity contribution < 1.29 is 24.3 Å². The summed E-state index contributed by atoms with van der Waals surface area (Å²) in [7, 11) is 1.27. The van der Waals surface area contributed by atoms with E-state index < -0.39 is 29.2 Å². The quantitative estimate of drug-likeness (QED) is 0.268. The Hall–Kier alpha value is -2.71. The van der Waals surface area contributed by atoms with E-state index in [1.165, 1.54) is 23.8 Å². The van der Waals surface area contributed by atoms with Crippen LogP contribution in [0.15, 0.2) is 16.4 Å². The number of nitrogens with zero attached hydrogens (tertiary/aromatic N) is 5. The number of hydrogen-bond donors (Lipinski definition) is 3. The molecule has 4 rings (SSSR count). The summed E-state index contributed by atoms with van der Waals surface area (Å²) in [5.74, 6) is -1.90. The molecule has 0 aliphatic carbocycles. The highest BCUT2D eigenvalue weighted by Gasteiger charge is 2.54. The standard InChI is InChI=1S/C19H25N7O5S2/c1-19(2)5-4-6-25(19)7-9-8-32-16-11(15(28)26(16)12(9)17(29)30)21-14(27)10(23-31-3)13-22-18(20)33-24-13/h11,16H,4-8H2,1-3H3,(H,21,27)(H,29,30)(H2,20,22,24)/t11-,16+/m1/s1. The Morgan fingerprint density at radius 2 is 2.18 bits per heavy atom. The fourth-order valence-corrected chi connectivity index (χ4v) is 6.08. The number of nitrogen functional groups attached to an aromatic ring is 1. The Morgan fingerprint density at radius 3 is 2.76 bits per heavy atom. The van der Waals surface area contributed by atoms with Crippen molar-refractivity contribution in [1.82, 2.24) is 24.5 Å². The molecule has 0 spiro atoms. The van der Waals surface area contributed by atoms with Gasteiger partial charge in [0.1, 0.15) is 24.2 Å². The second-order valence-corrected chi connectivity index (χ2v) is 10.4. The van der Waals surface area contributed by atoms with Crippen molar-refractivity contribution in [3.8, 4) is 0 Å². The van der Waals surface area contributed by atoms with Gasteiger partial charge in [-0.3, -0.25) is 19.4 Å². The van der Waals surface area contributed by atoms with E-state index in [9.17, 15) is 19.5 Å². The molecular formula is C19H25N7O5S2. The maximum absolute atomic E-state index is 12.9. The molecule has 2 saturated heterocycles. The maximum Gasteiger partial charge on any atom is 0.352 e. The Labute approximate surface area is 198 Å². The maximum atomic E-state index is 12.9. The highest BCUT2D eigenvalue weighted by molar-refractivity contribution is 8.00. The van der Waals surface area contributed by atoms with Gasteiger partial charge in [0.2, 0.25) is 11.5 Å². The molecule has 4 N–H and O–H groups in total. The summed E-state index contributed by atoms with van der Waals surface area (Å²) >= 11 is 2.32. The summed E-state index contributed by atoms with van der Waals surface area (Å²) in [4.78, 5) is 50.0. The molecule has 14 heteroatoms. The van der Waals surface area contributed by atoms with Crippen LogP contribution in [0, 0.1) is 0 Å². The largest absolute Gasteiger partial charge is 0.477 e. The Kier molecular flexibility index (Phi) is 6.33. The van der Waals surface area contributed by atoms with Gasteiger partial charge in [-0.05, 0) is 38.8 Å². The smallest absolute Gasteiger partial charge is 0.352 e. The van der Waals surface area contributed by atoms with E-state index in [0.29, 0.717) is 17.9 Å². The van der Waals surface area contributed by atoms with Gasteiger partial charge in [0.05, 0.1) is 0 Å². The van der Waals surface area contributed by atoms with Gasteiger partial charge in [0, 0.05) is 29.4 Å². The SMILES string of the molecule is CON=C(C(=O)N[C@@H]1C(=O)N2C(C(=O)O)=C(CN3CCCC3(C)C)CS[C@@H]12)c1nsc(N)n1. The van der Waals surface area contributed by atoms with Gasteiger partial charge < -0.3 is 21.0 Å². The van der Waals surface area contributed by atoms with Crippen LogP contribution in [0.2, 0.25) is 0 Å². The molecule has 0 bridgehead atoms. The molecule has 33 heavy (non-hydrogen) atoms. The second kappa shape index (κ2) is 8.91. The van der Waals surface area contributed by atoms with Crippen LogP contribution in [0.1, 0.15) is 32.5 Å². The predicted molar refractivity (Wildman–Crippen MR) is 122 cm³/mol. The lowest BCUT2D eigenvalue weighted by Gasteiger charge is -2.50. The minimum Gasteiger partial charge on any atom is -0.477 e. The first-order valence-electron chi connectivity index (χ1n) is 10.3. The lowest BCUT2D eigenvalue weighted by Crippen LogP contribution is -2.71. The number of hydrogen-bond acceptors (Lipinski definition) is 11. The van der Waals surface area contributed by atoms with E-state index >= 15 is 0 Å². The molecule has 0 radical (unpaired) electrons. The van der Waals surface area contributed by atoms with Crippen LogP contribution in [0.25, 0.3) is 0 Å². The molecule has 0 aromatic carbocycles. The summed E-state index contributed by atoms with van der Waals surface area (Å²) in [5.41, 5.74) is 6.07. The topological polar surface area (TPSA) is 163 Å². The van der Waals surface area contributed by atoms with Gasteiger partial charge in [-0.25, -0.2) is 4.79 Å². The first kappa shape index (κ1) is 23.4. The number of aliphatic carboxylic acids is 1. The van der Waals surface area contributed by atoms with Crippen LogP contribution >= 0.6 is 23.3 Å². The van der Waals surface area contributed by atoms with Crippen LogP contribution in [0.3, 0.4) is 0 Å². The Bertz CT molecular complexity index is 1050. The summed E-state index contributed by atoms with van der Waals surface area (Å²) in [6.07, 6.45) is 2.10. The van der Waals surface area contributed by atoms with Crippen molar-refractivity contribution >= 4 is 51.9 Å².